The summed E-state index contributed by atoms with van der Waals surface area (Å²) < 4.78 is 4.21. The molecule has 8 heteroatoms. The molecule has 0 aromatic heterocycles. The average molecular weight is 537 g/mol. The molecule has 2 aromatic rings. The van der Waals surface area contributed by atoms with Crippen molar-refractivity contribution in [2.75, 3.05) is 24.7 Å². The molecule has 0 saturated carbocycles. The topological polar surface area (TPSA) is 87.2 Å². The highest BCUT2D eigenvalue weighted by Gasteiger charge is 2.78. The Hall–Kier alpha value is -2.84. The van der Waals surface area contributed by atoms with Gasteiger partial charge >= 0.3 is 5.97 Å². The van der Waals surface area contributed by atoms with E-state index < -0.39 is 33.4 Å². The lowest BCUT2D eigenvalue weighted by molar-refractivity contribution is -0.155. The zero-order chi connectivity index (χ0) is 27.2. The van der Waals surface area contributed by atoms with E-state index in [1.165, 1.54) is 0 Å². The van der Waals surface area contributed by atoms with Crippen LogP contribution < -0.4 is 4.90 Å². The molecule has 202 valence electrons. The third-order valence-electron chi connectivity index (χ3n) is 8.69. The summed E-state index contributed by atoms with van der Waals surface area (Å²) in [6, 6.07) is 12.5. The van der Waals surface area contributed by atoms with Gasteiger partial charge in [-0.3, -0.25) is 14.4 Å². The van der Waals surface area contributed by atoms with E-state index >= 15 is 0 Å². The summed E-state index contributed by atoms with van der Waals surface area (Å²) >= 11 is 1.61. The highest BCUT2D eigenvalue weighted by atomic mass is 32.2. The van der Waals surface area contributed by atoms with Gasteiger partial charge in [-0.25, -0.2) is 0 Å². The van der Waals surface area contributed by atoms with Gasteiger partial charge < -0.3 is 19.6 Å². The molecular weight excluding hydrogens is 500 g/mol. The monoisotopic (exact) mass is 536 g/mol. The quantitative estimate of drug-likeness (QED) is 0.382. The van der Waals surface area contributed by atoms with Crippen LogP contribution >= 0.6 is 11.8 Å². The number of thioether (sulfide) groups is 1. The fraction of sp³-hybridized carbons (Fsp3) is 0.500. The van der Waals surface area contributed by atoms with E-state index in [9.17, 15) is 19.5 Å². The van der Waals surface area contributed by atoms with Gasteiger partial charge in [-0.15, -0.1) is 18.3 Å². The van der Waals surface area contributed by atoms with Crippen LogP contribution in [0.15, 0.2) is 55.1 Å². The summed E-state index contributed by atoms with van der Waals surface area (Å²) in [5.74, 6) is -2.09. The molecular formula is C30H36N2O5S. The Balaban J connectivity index is 1.63. The zero-order valence-corrected chi connectivity index (χ0v) is 23.1. The van der Waals surface area contributed by atoms with Crippen LogP contribution in [0.2, 0.25) is 0 Å². The lowest BCUT2D eigenvalue weighted by Crippen LogP contribution is -2.57. The normalized spacial score (nSPS) is 30.4. The Morgan fingerprint density at radius 2 is 1.97 bits per heavy atom. The number of fused-ring (bicyclic) bond motifs is 2. The maximum Gasteiger partial charge on any atom is 0.311 e. The third-order valence-corrected chi connectivity index (χ3v) is 10.7. The average Bonchev–Trinajstić information content (AvgIpc) is 3.48. The third kappa shape index (κ3) is 3.87. The van der Waals surface area contributed by atoms with E-state index in [4.69, 9.17) is 4.74 Å². The summed E-state index contributed by atoms with van der Waals surface area (Å²) in [4.78, 5) is 45.4. The molecule has 3 fully saturated rings. The second-order valence-corrected chi connectivity index (χ2v) is 12.6. The summed E-state index contributed by atoms with van der Waals surface area (Å²) in [6.45, 7) is 9.85. The highest BCUT2D eigenvalue weighted by molar-refractivity contribution is 8.02. The van der Waals surface area contributed by atoms with E-state index in [0.29, 0.717) is 12.8 Å². The first-order chi connectivity index (χ1) is 18.3. The molecule has 2 unspecified atom stereocenters. The SMILES string of the molecule is C=CCN(C(=O)C1N([C@@H](CC)CO)C(=O)[C@@H]2[C@H](C(=O)OCC)[C@]3(C)CCC12S3)c1ccc2ccccc2c1. The van der Waals surface area contributed by atoms with Crippen LogP contribution in [0.4, 0.5) is 5.69 Å². The van der Waals surface area contributed by atoms with Crippen LogP contribution in [0.1, 0.15) is 40.0 Å². The molecule has 3 aliphatic heterocycles. The Morgan fingerprint density at radius 1 is 1.24 bits per heavy atom. The van der Waals surface area contributed by atoms with Gasteiger partial charge in [0.1, 0.15) is 6.04 Å². The van der Waals surface area contributed by atoms with Gasteiger partial charge in [-0.2, -0.15) is 0 Å². The summed E-state index contributed by atoms with van der Waals surface area (Å²) in [5, 5.41) is 12.4. The number of hydrogen-bond acceptors (Lipinski definition) is 6. The standard InChI is InChI=1S/C30H36N2O5S/c1-5-16-31(22-13-12-19-10-8-9-11-20(19)17-22)27(35)25-30-15-14-29(4,38-30)24(28(36)37-7-3)23(30)26(34)32(25)21(6-2)18-33/h5,8-13,17,21,23-25,33H,1,6-7,14-16,18H2,2-4H3/t21-,23-,24+,25?,29-,30?/m0/s1. The van der Waals surface area contributed by atoms with Crippen LogP contribution in [0.3, 0.4) is 0 Å². The molecule has 2 bridgehead atoms. The molecule has 2 amide bonds. The molecule has 7 nitrogen and oxygen atoms in total. The van der Waals surface area contributed by atoms with Crippen molar-refractivity contribution in [1.82, 2.24) is 4.90 Å². The van der Waals surface area contributed by atoms with Gasteiger partial charge in [0, 0.05) is 17.0 Å². The summed E-state index contributed by atoms with van der Waals surface area (Å²) in [5.41, 5.74) is 0.726. The number of likely N-dealkylation sites (tertiary alicyclic amines) is 1. The van der Waals surface area contributed by atoms with Crippen molar-refractivity contribution < 1.29 is 24.2 Å². The predicted octanol–water partition coefficient (Wildman–Crippen LogP) is 4.17. The van der Waals surface area contributed by atoms with Gasteiger partial charge in [0.05, 0.1) is 35.8 Å². The molecule has 1 spiro atoms. The van der Waals surface area contributed by atoms with Crippen LogP contribution in [0.25, 0.3) is 10.8 Å². The van der Waals surface area contributed by atoms with Crippen molar-refractivity contribution in [1.29, 1.82) is 0 Å². The van der Waals surface area contributed by atoms with Gasteiger partial charge in [0.2, 0.25) is 5.91 Å². The van der Waals surface area contributed by atoms with Crippen LogP contribution in [0.5, 0.6) is 0 Å². The Morgan fingerprint density at radius 3 is 2.63 bits per heavy atom. The fourth-order valence-electron chi connectivity index (χ4n) is 6.98. The first-order valence-electron chi connectivity index (χ1n) is 13.5. The van der Waals surface area contributed by atoms with Crippen molar-refractivity contribution in [3.05, 3.63) is 55.1 Å². The molecule has 2 aromatic carbocycles. The van der Waals surface area contributed by atoms with Crippen LogP contribution in [-0.4, -0.2) is 69.1 Å². The number of carbonyl (C=O) groups excluding carboxylic acids is 3. The molecule has 1 N–H and O–H groups in total. The second-order valence-electron chi connectivity index (χ2n) is 10.7. The van der Waals surface area contributed by atoms with E-state index in [2.05, 4.69) is 6.58 Å². The van der Waals surface area contributed by atoms with E-state index in [1.54, 1.807) is 34.6 Å². The minimum atomic E-state index is -0.810. The lowest BCUT2D eigenvalue weighted by atomic mass is 9.66. The first-order valence-corrected chi connectivity index (χ1v) is 14.3. The first kappa shape index (κ1) is 26.8. The number of aliphatic hydroxyl groups excluding tert-OH is 1. The van der Waals surface area contributed by atoms with Gasteiger partial charge in [-0.1, -0.05) is 43.3 Å². The Bertz CT molecular complexity index is 1280. The maximum absolute atomic E-state index is 14.7. The van der Waals surface area contributed by atoms with Crippen molar-refractivity contribution in [2.24, 2.45) is 11.8 Å². The number of aliphatic hydroxyl groups is 1. The summed E-state index contributed by atoms with van der Waals surface area (Å²) in [6.07, 6.45) is 3.55. The van der Waals surface area contributed by atoms with Gasteiger partial charge in [-0.05, 0) is 56.0 Å². The molecule has 0 radical (unpaired) electrons. The van der Waals surface area contributed by atoms with E-state index in [0.717, 1.165) is 22.9 Å². The van der Waals surface area contributed by atoms with Gasteiger partial charge in [0.15, 0.2) is 0 Å². The van der Waals surface area contributed by atoms with Crippen molar-refractivity contribution >= 4 is 46.0 Å². The number of carbonyl (C=O) groups is 3. The number of hydrogen-bond donors (Lipinski definition) is 1. The largest absolute Gasteiger partial charge is 0.466 e. The van der Waals surface area contributed by atoms with Crippen molar-refractivity contribution in [3.8, 4) is 0 Å². The number of rotatable bonds is 9. The smallest absolute Gasteiger partial charge is 0.311 e. The van der Waals surface area contributed by atoms with Crippen LogP contribution in [-0.2, 0) is 19.1 Å². The Kier molecular flexibility index (Phi) is 7.07. The number of ether oxygens (including phenoxy) is 1. The molecule has 5 rings (SSSR count). The minimum absolute atomic E-state index is 0.204. The van der Waals surface area contributed by atoms with Gasteiger partial charge in [0.25, 0.3) is 5.91 Å². The number of nitrogens with zero attached hydrogens (tertiary/aromatic N) is 2. The minimum Gasteiger partial charge on any atom is -0.466 e. The lowest BCUT2D eigenvalue weighted by Gasteiger charge is -2.39. The molecule has 38 heavy (non-hydrogen) atoms. The Labute approximate surface area is 228 Å². The maximum atomic E-state index is 14.7. The zero-order valence-electron chi connectivity index (χ0n) is 22.3. The van der Waals surface area contributed by atoms with Crippen molar-refractivity contribution in [3.63, 3.8) is 0 Å². The number of anilines is 1. The van der Waals surface area contributed by atoms with Crippen molar-refractivity contribution in [2.45, 2.75) is 61.6 Å². The number of benzene rings is 2. The number of esters is 1. The highest BCUT2D eigenvalue weighted by Crippen LogP contribution is 2.71. The molecule has 3 heterocycles. The number of amides is 2. The molecule has 0 aliphatic carbocycles. The predicted molar refractivity (Wildman–Crippen MR) is 150 cm³/mol. The summed E-state index contributed by atoms with van der Waals surface area (Å²) in [7, 11) is 0. The fourth-order valence-corrected chi connectivity index (χ4v) is 9.31. The van der Waals surface area contributed by atoms with E-state index in [1.807, 2.05) is 56.3 Å². The van der Waals surface area contributed by atoms with Crippen LogP contribution in [0, 0.1) is 11.8 Å². The molecule has 6 atom stereocenters. The second kappa shape index (κ2) is 10.0. The molecule has 3 saturated heterocycles. The molecule has 3 aliphatic rings. The van der Waals surface area contributed by atoms with E-state index in [-0.39, 0.29) is 37.5 Å².